The molecule has 4 saturated carbocycles. The molecule has 2 saturated heterocycles. The molecule has 8 unspecified atom stereocenters. The maximum Gasteiger partial charge on any atom is 0.400 e. The zero-order chi connectivity index (χ0) is 86.3. The highest BCUT2D eigenvalue weighted by Crippen LogP contribution is 2.43. The van der Waals surface area contributed by atoms with Crippen LogP contribution in [0.1, 0.15) is 120 Å². The highest BCUT2D eigenvalue weighted by Gasteiger charge is 2.50. The van der Waals surface area contributed by atoms with Crippen molar-refractivity contribution < 1.29 is 186 Å². The quantitative estimate of drug-likeness (QED) is 0.0174. The lowest BCUT2D eigenvalue weighted by Gasteiger charge is -2.42. The van der Waals surface area contributed by atoms with Crippen molar-refractivity contribution in [1.29, 1.82) is 0 Å². The van der Waals surface area contributed by atoms with Crippen LogP contribution in [0.4, 0.5) is 0 Å². The molecule has 6 aliphatic rings. The molecule has 4 aliphatic carbocycles. The van der Waals surface area contributed by atoms with Gasteiger partial charge in [-0.05, 0) is 97.7 Å². The first-order valence-corrected chi connectivity index (χ1v) is 45.1. The highest BCUT2D eigenvalue weighted by molar-refractivity contribution is 7.82. The fraction of sp³-hybridized carbons (Fsp3) is 1.00. The van der Waals surface area contributed by atoms with E-state index in [-0.39, 0.29) is 39.3 Å². The molecule has 0 bridgehead atoms. The summed E-state index contributed by atoms with van der Waals surface area (Å²) in [5, 5.41) is 154. The van der Waals surface area contributed by atoms with E-state index in [9.17, 15) is 109 Å². The number of hydrogen-bond donors (Lipinski definition) is 16. The second kappa shape index (κ2) is 55.3. The van der Waals surface area contributed by atoms with Crippen molar-refractivity contribution in [3.63, 3.8) is 0 Å². The Kier molecular flexibility index (Phi) is 55.3. The molecule has 0 spiro atoms. The topological polar surface area (TPSA) is 636 Å². The lowest BCUT2D eigenvalue weighted by molar-refractivity contribution is -0.152. The van der Waals surface area contributed by atoms with Gasteiger partial charge in [0.25, 0.3) is 0 Å². The first-order chi connectivity index (χ1) is 52.1. The monoisotopic (exact) mass is 1860 g/mol. The third kappa shape index (κ3) is 36.6. The lowest BCUT2D eigenvalue weighted by atomic mass is 9.68. The van der Waals surface area contributed by atoms with Crippen molar-refractivity contribution in [2.45, 2.75) is 254 Å². The second-order valence-electron chi connectivity index (χ2n) is 28.8. The van der Waals surface area contributed by atoms with Crippen LogP contribution < -0.4 is 0 Å². The Bertz CT molecular complexity index is 2880. The SMILES string of the molecule is CC[C@@H](C)[C@@H]1CC[C@@H](C)[C@H]1C.CC[C@@H]1CC[C@@H](C)[C@@H](C)[C@@H]1C.O=S(=O)([O-])O[C@@H]([C@H](O)[C@H](O)CO)[C@@H](O)C[C@@H]1C[C@@H](O)[C@@H](O)[C@@H]1[C@H](O)CO.O=S(=O)([O-])O[C@@H]([C@H](O)[C@H](O)CO)[C@@H](O)C[C@H]1C[C@@H](O)[C@@H](O)[C@H](O)[C@@H]1CO.O=S1(=O)OC[C@H](OP)[C@H]([C@H](OP)[C@@H](COP)OP)O1.O=S1(=O)OC[C@H](OP)[C@H]([C@H](OP)[C@@H](COP)OP)O1. The summed E-state index contributed by atoms with van der Waals surface area (Å²) in [5.41, 5.74) is 0. The number of hydrogen-bond acceptors (Lipinski definition) is 40. The van der Waals surface area contributed by atoms with E-state index < -0.39 is 239 Å². The summed E-state index contributed by atoms with van der Waals surface area (Å²) in [6.07, 6.45) is -23.2. The Morgan fingerprint density at radius 2 is 0.911 bits per heavy atom. The largest absolute Gasteiger partial charge is 0.726 e. The Hall–Kier alpha value is 1.96. The van der Waals surface area contributed by atoms with Crippen molar-refractivity contribution in [3.8, 4) is 0 Å². The maximum atomic E-state index is 11.4. The highest BCUT2D eigenvalue weighted by atomic mass is 32.3. The smallest absolute Gasteiger partial charge is 0.400 e. The molecule has 2 heterocycles. The molecular weight excluding hydrogens is 1740 g/mol. The predicted octanol–water partition coefficient (Wildman–Crippen LogP) is -2.60. The molecule has 42 atom stereocenters. The molecular formula is C60H126O40P8S4-2. The summed E-state index contributed by atoms with van der Waals surface area (Å²) >= 11 is 0. The molecule has 0 radical (unpaired) electrons. The molecule has 0 aromatic rings. The minimum atomic E-state index is -5.40. The van der Waals surface area contributed by atoms with Crippen molar-refractivity contribution >= 4 is 117 Å². The summed E-state index contributed by atoms with van der Waals surface area (Å²) in [7, 11) is -2.52. The summed E-state index contributed by atoms with van der Waals surface area (Å²) in [6, 6.07) is 0. The number of aliphatic hydroxyl groups is 16. The van der Waals surface area contributed by atoms with Crippen LogP contribution in [0.3, 0.4) is 0 Å². The van der Waals surface area contributed by atoms with E-state index in [1.54, 1.807) is 0 Å². The Morgan fingerprint density at radius 3 is 1.25 bits per heavy atom. The molecule has 52 heteroatoms. The van der Waals surface area contributed by atoms with Gasteiger partial charge in [0.1, 0.15) is 91.6 Å². The average molecular weight is 1860 g/mol. The third-order valence-corrected chi connectivity index (χ3v) is 27.0. The van der Waals surface area contributed by atoms with Gasteiger partial charge in [-0.15, -0.1) is 0 Å². The predicted molar refractivity (Wildman–Crippen MR) is 421 cm³/mol. The van der Waals surface area contributed by atoms with Crippen molar-refractivity contribution in [1.82, 2.24) is 0 Å². The summed E-state index contributed by atoms with van der Waals surface area (Å²) in [4.78, 5) is 0. The normalized spacial score (nSPS) is 34.4. The zero-order valence-electron chi connectivity index (χ0n) is 63.6. The van der Waals surface area contributed by atoms with Crippen LogP contribution in [-0.4, -0.2) is 312 Å². The number of aliphatic hydroxyl groups excluding tert-OH is 16. The van der Waals surface area contributed by atoms with Gasteiger partial charge in [0.15, 0.2) is 0 Å². The second-order valence-corrected chi connectivity index (χ2v) is 35.6. The molecule has 2 aliphatic heterocycles. The summed E-state index contributed by atoms with van der Waals surface area (Å²) in [6.45, 7) is 15.7. The molecule has 16 N–H and O–H groups in total. The Labute approximate surface area is 677 Å². The van der Waals surface area contributed by atoms with Crippen LogP contribution in [0.25, 0.3) is 0 Å². The van der Waals surface area contributed by atoms with Gasteiger partial charge < -0.3 is 127 Å². The maximum absolute atomic E-state index is 11.4. The molecule has 0 aromatic carbocycles. The van der Waals surface area contributed by atoms with E-state index in [1.807, 2.05) is 37.9 Å². The van der Waals surface area contributed by atoms with Gasteiger partial charge in [0, 0.05) is 94.2 Å². The average Bonchev–Trinajstić information content (AvgIpc) is 0.815. The molecule has 0 amide bonds. The van der Waals surface area contributed by atoms with Crippen LogP contribution >= 0.6 is 75.7 Å². The van der Waals surface area contributed by atoms with E-state index in [1.165, 1.54) is 38.5 Å². The van der Waals surface area contributed by atoms with Gasteiger partial charge in [-0.1, -0.05) is 81.1 Å². The molecule has 40 nitrogen and oxygen atoms in total. The standard InChI is InChI=1S/2C13H26O12S.2C11H22.2C6H16O8P4S/c14-3-6-5(1-7(16)11(20)10(6)19)2-8(17)13(25-26(22,23)24)12(21)9(18)4-15;14-3-8(18)10-5(1-6(16)11(10)20)2-7(17)13(25-26(22,23)24)12(21)9(19)4-15;1-5-11-7-6-8(2)9(3)10(11)4;1-5-8(2)11-7-6-9(3)10(11)4;2*7-19(8)10-2-4(12-17)6(14-19)5(13-18)3(11-16)1-9-15/h2*5-21H,1-4H2,(H,22,23,24);2*8-11H,5-7H2,1-4H3;2*3-6H,1-2,15-18H2/p-2/t5-,6-,7-,8+,9-,10-,11-,12-,13-;5-,6+,7-,8+,9+,10-,11+,12+,13+;8-,9-,10+,11-;8-,9-,10-,11+;2*3-,4+,5-,6-/m101111/s1. The first-order valence-electron chi connectivity index (χ1n) is 36.0. The minimum absolute atomic E-state index is 0.130. The van der Waals surface area contributed by atoms with Crippen LogP contribution in [0.2, 0.25) is 0 Å². The first kappa shape index (κ1) is 112. The molecule has 6 fully saturated rings. The van der Waals surface area contributed by atoms with Crippen molar-refractivity contribution in [2.75, 3.05) is 52.9 Å². The molecule has 112 heavy (non-hydrogen) atoms. The van der Waals surface area contributed by atoms with E-state index in [4.69, 9.17) is 59.9 Å². The minimum Gasteiger partial charge on any atom is -0.726 e. The van der Waals surface area contributed by atoms with Crippen LogP contribution in [-0.2, 0) is 103 Å². The van der Waals surface area contributed by atoms with Gasteiger partial charge in [-0.3, -0.25) is 8.37 Å². The fourth-order valence-electron chi connectivity index (χ4n) is 14.6. The lowest BCUT2D eigenvalue weighted by Crippen LogP contribution is -2.54. The Balaban J connectivity index is 0.000000689. The molecule has 672 valence electrons. The Morgan fingerprint density at radius 1 is 0.509 bits per heavy atom. The third-order valence-electron chi connectivity index (χ3n) is 21.9. The van der Waals surface area contributed by atoms with E-state index >= 15 is 0 Å². The van der Waals surface area contributed by atoms with Gasteiger partial charge in [-0.2, -0.15) is 16.8 Å². The van der Waals surface area contributed by atoms with Crippen molar-refractivity contribution in [3.05, 3.63) is 0 Å². The van der Waals surface area contributed by atoms with Crippen molar-refractivity contribution in [2.24, 2.45) is 71.0 Å². The van der Waals surface area contributed by atoms with E-state index in [2.05, 4.69) is 110 Å². The summed E-state index contributed by atoms with van der Waals surface area (Å²) in [5.74, 6) is 4.08. The molecule has 0 aromatic heterocycles. The molecule has 6 rings (SSSR count). The van der Waals surface area contributed by atoms with E-state index in [0.717, 1.165) is 47.3 Å². The fourth-order valence-corrected chi connectivity index (χ4v) is 19.3. The van der Waals surface area contributed by atoms with Gasteiger partial charge in [0.2, 0.25) is 20.8 Å². The van der Waals surface area contributed by atoms with Gasteiger partial charge >= 0.3 is 20.8 Å². The summed E-state index contributed by atoms with van der Waals surface area (Å²) < 4.78 is 178. The van der Waals surface area contributed by atoms with Crippen LogP contribution in [0.5, 0.6) is 0 Å². The zero-order valence-corrected chi connectivity index (χ0v) is 76.1. The van der Waals surface area contributed by atoms with Gasteiger partial charge in [0.05, 0.1) is 89.0 Å². The van der Waals surface area contributed by atoms with Gasteiger partial charge in [-0.25, -0.2) is 33.6 Å². The van der Waals surface area contributed by atoms with Crippen LogP contribution in [0.15, 0.2) is 0 Å². The van der Waals surface area contributed by atoms with E-state index in [0.29, 0.717) is 0 Å². The number of rotatable bonds is 36. The van der Waals surface area contributed by atoms with Crippen LogP contribution in [0, 0.1) is 71.0 Å².